The van der Waals surface area contributed by atoms with Crippen molar-refractivity contribution in [2.24, 2.45) is 0 Å². The molecule has 0 saturated heterocycles. The van der Waals surface area contributed by atoms with Gasteiger partial charge in [-0.05, 0) is 36.8 Å². The van der Waals surface area contributed by atoms with Gasteiger partial charge < -0.3 is 10.2 Å². The smallest absolute Gasteiger partial charge is 0.243 e. The number of pyridine rings is 1. The van der Waals surface area contributed by atoms with Crippen LogP contribution in [0.15, 0.2) is 79.0 Å². The molecule has 0 aliphatic rings. The summed E-state index contributed by atoms with van der Waals surface area (Å²) in [7, 11) is 1.62. The third-order valence-electron chi connectivity index (χ3n) is 4.72. The zero-order chi connectivity index (χ0) is 21.3. The highest BCUT2D eigenvalue weighted by Crippen LogP contribution is 2.19. The first-order valence-corrected chi connectivity index (χ1v) is 9.82. The molecule has 154 valence electrons. The van der Waals surface area contributed by atoms with E-state index in [1.54, 1.807) is 13.2 Å². The highest BCUT2D eigenvalue weighted by molar-refractivity contribution is 5.94. The van der Waals surface area contributed by atoms with Gasteiger partial charge in [0.2, 0.25) is 11.8 Å². The Hall–Kier alpha value is -3.51. The number of aromatic nitrogens is 1. The van der Waals surface area contributed by atoms with E-state index in [2.05, 4.69) is 15.6 Å². The maximum Gasteiger partial charge on any atom is 0.243 e. The molecule has 3 rings (SSSR count). The van der Waals surface area contributed by atoms with Gasteiger partial charge in [0.05, 0.1) is 24.8 Å². The molecule has 6 nitrogen and oxygen atoms in total. The van der Waals surface area contributed by atoms with Crippen molar-refractivity contribution in [3.8, 4) is 0 Å². The van der Waals surface area contributed by atoms with Crippen molar-refractivity contribution in [1.29, 1.82) is 0 Å². The summed E-state index contributed by atoms with van der Waals surface area (Å²) in [6.45, 7) is 2.05. The van der Waals surface area contributed by atoms with Gasteiger partial charge in [0.25, 0.3) is 0 Å². The average Bonchev–Trinajstić information content (AvgIpc) is 2.77. The van der Waals surface area contributed by atoms with Crippen molar-refractivity contribution < 1.29 is 9.59 Å². The molecule has 6 heteroatoms. The molecular formula is C24H26N4O2. The van der Waals surface area contributed by atoms with Gasteiger partial charge in [-0.1, -0.05) is 54.1 Å². The number of aryl methyl sites for hydroxylation is 1. The summed E-state index contributed by atoms with van der Waals surface area (Å²) in [4.78, 5) is 30.7. The minimum absolute atomic E-state index is 0.0199. The number of carbonyl (C=O) groups excluding carboxylic acids is 2. The number of hydrogen-bond donors (Lipinski definition) is 2. The Kier molecular flexibility index (Phi) is 7.29. The maximum atomic E-state index is 12.6. The van der Waals surface area contributed by atoms with E-state index < -0.39 is 0 Å². The quantitative estimate of drug-likeness (QED) is 0.607. The number of carbonyl (C=O) groups is 2. The first kappa shape index (κ1) is 21.2. The lowest BCUT2D eigenvalue weighted by Crippen LogP contribution is -2.41. The van der Waals surface area contributed by atoms with Crippen molar-refractivity contribution in [1.82, 2.24) is 15.2 Å². The van der Waals surface area contributed by atoms with Crippen LogP contribution in [0.4, 0.5) is 5.69 Å². The van der Waals surface area contributed by atoms with Crippen LogP contribution in [0, 0.1) is 6.92 Å². The fourth-order valence-corrected chi connectivity index (χ4v) is 3.05. The monoisotopic (exact) mass is 402 g/mol. The molecular weight excluding hydrogens is 376 g/mol. The third-order valence-corrected chi connectivity index (χ3v) is 4.72. The van der Waals surface area contributed by atoms with Crippen LogP contribution >= 0.6 is 0 Å². The van der Waals surface area contributed by atoms with Gasteiger partial charge in [0.15, 0.2) is 0 Å². The second-order valence-electron chi connectivity index (χ2n) is 7.14. The maximum absolute atomic E-state index is 12.6. The number of likely N-dealkylation sites (N-methyl/N-ethyl adjacent to an activating group) is 1. The van der Waals surface area contributed by atoms with E-state index in [0.717, 1.165) is 16.8 Å². The molecule has 0 fully saturated rings. The predicted molar refractivity (Wildman–Crippen MR) is 118 cm³/mol. The van der Waals surface area contributed by atoms with Crippen LogP contribution in [-0.4, -0.2) is 41.8 Å². The number of nitrogens with one attached hydrogen (secondary N) is 2. The average molecular weight is 402 g/mol. The zero-order valence-corrected chi connectivity index (χ0v) is 17.2. The Balaban J connectivity index is 1.58. The summed E-state index contributed by atoms with van der Waals surface area (Å²) in [6, 6.07) is 22.9. The van der Waals surface area contributed by atoms with Crippen LogP contribution in [-0.2, 0) is 9.59 Å². The molecule has 3 aromatic rings. The predicted octanol–water partition coefficient (Wildman–Crippen LogP) is 3.17. The summed E-state index contributed by atoms with van der Waals surface area (Å²) in [5.41, 5.74) is 3.68. The Morgan fingerprint density at radius 1 is 0.967 bits per heavy atom. The van der Waals surface area contributed by atoms with Gasteiger partial charge in [-0.15, -0.1) is 0 Å². The normalized spacial score (nSPS) is 11.5. The van der Waals surface area contributed by atoms with Crippen LogP contribution in [0.2, 0.25) is 0 Å². The Morgan fingerprint density at radius 3 is 2.33 bits per heavy atom. The Bertz CT molecular complexity index is 920. The molecule has 1 unspecified atom stereocenters. The van der Waals surface area contributed by atoms with Crippen molar-refractivity contribution in [3.05, 3.63) is 95.8 Å². The van der Waals surface area contributed by atoms with Crippen molar-refractivity contribution in [2.45, 2.75) is 13.0 Å². The van der Waals surface area contributed by atoms with Gasteiger partial charge in [-0.25, -0.2) is 0 Å². The molecule has 0 saturated carbocycles. The topological polar surface area (TPSA) is 74.3 Å². The number of benzene rings is 2. The molecule has 0 spiro atoms. The van der Waals surface area contributed by atoms with Crippen LogP contribution < -0.4 is 10.6 Å². The summed E-state index contributed by atoms with van der Waals surface area (Å²) >= 11 is 0. The van der Waals surface area contributed by atoms with Gasteiger partial charge >= 0.3 is 0 Å². The van der Waals surface area contributed by atoms with E-state index in [4.69, 9.17) is 0 Å². The fourth-order valence-electron chi connectivity index (χ4n) is 3.05. The first-order chi connectivity index (χ1) is 14.5. The molecule has 0 radical (unpaired) electrons. The molecule has 2 N–H and O–H groups in total. The van der Waals surface area contributed by atoms with Gasteiger partial charge in [-0.3, -0.25) is 19.9 Å². The lowest BCUT2D eigenvalue weighted by molar-refractivity contribution is -0.132. The molecule has 1 heterocycles. The number of rotatable bonds is 8. The van der Waals surface area contributed by atoms with E-state index in [0.29, 0.717) is 5.69 Å². The van der Waals surface area contributed by atoms with E-state index in [1.165, 1.54) is 4.90 Å². The lowest BCUT2D eigenvalue weighted by Gasteiger charge is -2.21. The van der Waals surface area contributed by atoms with E-state index in [-0.39, 0.29) is 30.9 Å². The van der Waals surface area contributed by atoms with Gasteiger partial charge in [0, 0.05) is 18.9 Å². The van der Waals surface area contributed by atoms with Crippen LogP contribution in [0.1, 0.15) is 22.9 Å². The van der Waals surface area contributed by atoms with Crippen LogP contribution in [0.3, 0.4) is 0 Å². The molecule has 2 amide bonds. The lowest BCUT2D eigenvalue weighted by atomic mass is 10.0. The number of nitrogens with zero attached hydrogens (tertiary/aromatic N) is 2. The van der Waals surface area contributed by atoms with E-state index >= 15 is 0 Å². The highest BCUT2D eigenvalue weighted by Gasteiger charge is 2.18. The minimum Gasteiger partial charge on any atom is -0.335 e. The minimum atomic E-state index is -0.237. The second kappa shape index (κ2) is 10.3. The molecule has 0 aliphatic heterocycles. The number of hydrogen-bond acceptors (Lipinski definition) is 4. The van der Waals surface area contributed by atoms with Crippen molar-refractivity contribution >= 4 is 17.5 Å². The summed E-state index contributed by atoms with van der Waals surface area (Å²) in [5.74, 6) is -0.412. The Morgan fingerprint density at radius 2 is 1.67 bits per heavy atom. The molecule has 2 aromatic carbocycles. The molecule has 1 atom stereocenters. The van der Waals surface area contributed by atoms with Crippen LogP contribution in [0.5, 0.6) is 0 Å². The fraction of sp³-hybridized carbons (Fsp3) is 0.208. The molecule has 30 heavy (non-hydrogen) atoms. The van der Waals surface area contributed by atoms with E-state index in [9.17, 15) is 9.59 Å². The summed E-state index contributed by atoms with van der Waals surface area (Å²) in [5, 5.41) is 6.09. The summed E-state index contributed by atoms with van der Waals surface area (Å²) < 4.78 is 0. The highest BCUT2D eigenvalue weighted by atomic mass is 16.2. The van der Waals surface area contributed by atoms with E-state index in [1.807, 2.05) is 79.7 Å². The van der Waals surface area contributed by atoms with Crippen molar-refractivity contribution in [3.63, 3.8) is 0 Å². The van der Waals surface area contributed by atoms with Gasteiger partial charge in [-0.2, -0.15) is 0 Å². The number of amides is 2. The third kappa shape index (κ3) is 5.99. The second-order valence-corrected chi connectivity index (χ2v) is 7.14. The standard InChI is InChI=1S/C24H26N4O2/c1-18-11-13-20(14-12-18)27-22(29)17-28(2)23(30)16-26-24(19-8-4-3-5-9-19)21-10-6-7-15-25-21/h3-15,24,26H,16-17H2,1-2H3,(H,27,29). The van der Waals surface area contributed by atoms with Crippen molar-refractivity contribution in [2.75, 3.05) is 25.5 Å². The van der Waals surface area contributed by atoms with Gasteiger partial charge in [0.1, 0.15) is 0 Å². The first-order valence-electron chi connectivity index (χ1n) is 9.82. The molecule has 0 aliphatic carbocycles. The SMILES string of the molecule is Cc1ccc(NC(=O)CN(C)C(=O)CNC(c2ccccc2)c2ccccn2)cc1. The molecule has 1 aromatic heterocycles. The largest absolute Gasteiger partial charge is 0.335 e. The number of anilines is 1. The zero-order valence-electron chi connectivity index (χ0n) is 17.2. The molecule has 0 bridgehead atoms. The van der Waals surface area contributed by atoms with Crippen LogP contribution in [0.25, 0.3) is 0 Å². The summed E-state index contributed by atoms with van der Waals surface area (Å²) in [6.07, 6.45) is 1.73. The Labute approximate surface area is 177 Å².